The van der Waals surface area contributed by atoms with Crippen LogP contribution < -0.4 is 5.73 Å². The molecule has 1 fully saturated rings. The third-order valence-electron chi connectivity index (χ3n) is 3.09. The lowest BCUT2D eigenvalue weighted by Gasteiger charge is -2.21. The molecule has 0 aromatic carbocycles. The van der Waals surface area contributed by atoms with Gasteiger partial charge in [0, 0.05) is 0 Å². The summed E-state index contributed by atoms with van der Waals surface area (Å²) in [5, 5.41) is 0. The van der Waals surface area contributed by atoms with Crippen LogP contribution in [-0.4, -0.2) is 18.6 Å². The lowest BCUT2D eigenvalue weighted by molar-refractivity contribution is -0.147. The van der Waals surface area contributed by atoms with Crippen LogP contribution in [0.4, 0.5) is 0 Å². The maximum absolute atomic E-state index is 11.4. The van der Waals surface area contributed by atoms with Crippen molar-refractivity contribution in [3.63, 3.8) is 0 Å². The lowest BCUT2D eigenvalue weighted by Crippen LogP contribution is -2.33. The predicted octanol–water partition coefficient (Wildman–Crippen LogP) is 2.24. The highest BCUT2D eigenvalue weighted by Gasteiger charge is 2.18. The molecule has 0 radical (unpaired) electrons. The molecule has 3 nitrogen and oxygen atoms in total. The molecule has 0 bridgehead atoms. The second kappa shape index (κ2) is 6.83. The average molecular weight is 213 g/mol. The van der Waals surface area contributed by atoms with E-state index in [1.807, 2.05) is 6.92 Å². The second-order valence-electron chi connectivity index (χ2n) is 4.53. The third kappa shape index (κ3) is 4.65. The van der Waals surface area contributed by atoms with Crippen LogP contribution in [0.3, 0.4) is 0 Å². The van der Waals surface area contributed by atoms with Gasteiger partial charge in [-0.1, -0.05) is 32.6 Å². The van der Waals surface area contributed by atoms with Crippen molar-refractivity contribution in [1.29, 1.82) is 0 Å². The van der Waals surface area contributed by atoms with E-state index in [-0.39, 0.29) is 5.97 Å². The summed E-state index contributed by atoms with van der Waals surface area (Å²) in [6, 6.07) is -0.418. The van der Waals surface area contributed by atoms with E-state index < -0.39 is 6.04 Å². The molecule has 0 unspecified atom stereocenters. The van der Waals surface area contributed by atoms with Gasteiger partial charge in [0.25, 0.3) is 0 Å². The summed E-state index contributed by atoms with van der Waals surface area (Å²) < 4.78 is 5.23. The molecular weight excluding hydrogens is 190 g/mol. The van der Waals surface area contributed by atoms with Gasteiger partial charge in [0.15, 0.2) is 0 Å². The van der Waals surface area contributed by atoms with Gasteiger partial charge < -0.3 is 10.5 Å². The minimum atomic E-state index is -0.418. The Morgan fingerprint density at radius 1 is 1.40 bits per heavy atom. The Kier molecular flexibility index (Phi) is 5.69. The van der Waals surface area contributed by atoms with E-state index >= 15 is 0 Å². The molecule has 0 saturated heterocycles. The first-order valence-electron chi connectivity index (χ1n) is 6.16. The average Bonchev–Trinajstić information content (AvgIpc) is 2.27. The molecule has 0 aromatic heterocycles. The van der Waals surface area contributed by atoms with Gasteiger partial charge in [-0.05, 0) is 25.2 Å². The number of hydrogen-bond acceptors (Lipinski definition) is 3. The molecule has 0 heterocycles. The first kappa shape index (κ1) is 12.5. The summed E-state index contributed by atoms with van der Waals surface area (Å²) in [5.41, 5.74) is 5.67. The lowest BCUT2D eigenvalue weighted by atomic mass is 9.90. The number of ether oxygens (including phenoxy) is 1. The zero-order valence-electron chi connectivity index (χ0n) is 9.71. The fraction of sp³-hybridized carbons (Fsp3) is 0.917. The van der Waals surface area contributed by atoms with Crippen LogP contribution in [0.25, 0.3) is 0 Å². The Morgan fingerprint density at radius 2 is 2.07 bits per heavy atom. The van der Waals surface area contributed by atoms with Crippen LogP contribution in [0.1, 0.15) is 51.9 Å². The number of carbonyl (C=O) groups excluding carboxylic acids is 1. The van der Waals surface area contributed by atoms with Crippen molar-refractivity contribution in [3.05, 3.63) is 0 Å². The molecule has 1 rings (SSSR count). The van der Waals surface area contributed by atoms with Gasteiger partial charge in [-0.25, -0.2) is 0 Å². The van der Waals surface area contributed by atoms with Crippen LogP contribution in [0.2, 0.25) is 0 Å². The van der Waals surface area contributed by atoms with Crippen molar-refractivity contribution in [2.75, 3.05) is 6.61 Å². The van der Waals surface area contributed by atoms with Gasteiger partial charge in [-0.15, -0.1) is 0 Å². The van der Waals surface area contributed by atoms with Crippen molar-refractivity contribution in [2.45, 2.75) is 57.9 Å². The molecule has 1 saturated carbocycles. The van der Waals surface area contributed by atoms with Gasteiger partial charge in [-0.3, -0.25) is 4.79 Å². The Labute approximate surface area is 92.4 Å². The molecule has 15 heavy (non-hydrogen) atoms. The fourth-order valence-corrected chi connectivity index (χ4v) is 2.09. The molecule has 2 N–H and O–H groups in total. The first-order valence-corrected chi connectivity index (χ1v) is 6.16. The highest BCUT2D eigenvalue weighted by molar-refractivity contribution is 5.75. The summed E-state index contributed by atoms with van der Waals surface area (Å²) in [4.78, 5) is 11.4. The van der Waals surface area contributed by atoms with Crippen molar-refractivity contribution < 1.29 is 9.53 Å². The number of hydrogen-bond donors (Lipinski definition) is 1. The normalized spacial score (nSPS) is 19.9. The maximum atomic E-state index is 11.4. The van der Waals surface area contributed by atoms with Gasteiger partial charge in [0.1, 0.15) is 6.04 Å². The van der Waals surface area contributed by atoms with Crippen LogP contribution in [0.15, 0.2) is 0 Å². The minimum Gasteiger partial charge on any atom is -0.464 e. The third-order valence-corrected chi connectivity index (χ3v) is 3.09. The van der Waals surface area contributed by atoms with Gasteiger partial charge >= 0.3 is 5.97 Å². The van der Waals surface area contributed by atoms with E-state index in [0.717, 1.165) is 12.8 Å². The summed E-state index contributed by atoms with van der Waals surface area (Å²) >= 11 is 0. The highest BCUT2D eigenvalue weighted by atomic mass is 16.5. The monoisotopic (exact) mass is 213 g/mol. The predicted molar refractivity (Wildman–Crippen MR) is 60.4 cm³/mol. The molecule has 0 aliphatic heterocycles. The number of carbonyl (C=O) groups is 1. The van der Waals surface area contributed by atoms with E-state index in [4.69, 9.17) is 10.5 Å². The molecular formula is C12H23NO2. The van der Waals surface area contributed by atoms with Crippen molar-refractivity contribution >= 4 is 5.97 Å². The molecule has 0 amide bonds. The molecule has 0 aromatic rings. The van der Waals surface area contributed by atoms with E-state index in [1.54, 1.807) is 0 Å². The molecule has 3 heteroatoms. The second-order valence-corrected chi connectivity index (χ2v) is 4.53. The van der Waals surface area contributed by atoms with Crippen LogP contribution in [0, 0.1) is 5.92 Å². The van der Waals surface area contributed by atoms with E-state index in [9.17, 15) is 4.79 Å². The highest BCUT2D eigenvalue weighted by Crippen LogP contribution is 2.23. The topological polar surface area (TPSA) is 52.3 Å². The standard InChI is InChI=1S/C12H23NO2/c1-2-6-11(13)12(14)15-9-10-7-4-3-5-8-10/h10-11H,2-9,13H2,1H3/t11-/m0/s1. The minimum absolute atomic E-state index is 0.220. The van der Waals surface area contributed by atoms with E-state index in [0.29, 0.717) is 12.5 Å². The summed E-state index contributed by atoms with van der Waals surface area (Å²) in [6.07, 6.45) is 7.96. The number of rotatable bonds is 5. The summed E-state index contributed by atoms with van der Waals surface area (Å²) in [6.45, 7) is 2.60. The largest absolute Gasteiger partial charge is 0.464 e. The summed E-state index contributed by atoms with van der Waals surface area (Å²) in [7, 11) is 0. The quantitative estimate of drug-likeness (QED) is 0.712. The SMILES string of the molecule is CCC[C@H](N)C(=O)OCC1CCCCC1. The Bertz CT molecular complexity index is 188. The van der Waals surface area contributed by atoms with Crippen LogP contribution >= 0.6 is 0 Å². The van der Waals surface area contributed by atoms with Crippen molar-refractivity contribution in [2.24, 2.45) is 11.7 Å². The zero-order valence-corrected chi connectivity index (χ0v) is 9.71. The molecule has 1 atom stereocenters. The van der Waals surface area contributed by atoms with Gasteiger partial charge in [0.2, 0.25) is 0 Å². The van der Waals surface area contributed by atoms with Crippen molar-refractivity contribution in [1.82, 2.24) is 0 Å². The Hall–Kier alpha value is -0.570. The van der Waals surface area contributed by atoms with Gasteiger partial charge in [0.05, 0.1) is 6.61 Å². The van der Waals surface area contributed by atoms with Crippen molar-refractivity contribution in [3.8, 4) is 0 Å². The first-order chi connectivity index (χ1) is 7.24. The van der Waals surface area contributed by atoms with Gasteiger partial charge in [-0.2, -0.15) is 0 Å². The van der Waals surface area contributed by atoms with E-state index in [1.165, 1.54) is 32.1 Å². The Morgan fingerprint density at radius 3 is 2.67 bits per heavy atom. The maximum Gasteiger partial charge on any atom is 0.322 e. The molecule has 1 aliphatic carbocycles. The molecule has 1 aliphatic rings. The zero-order chi connectivity index (χ0) is 11.1. The molecule has 0 spiro atoms. The van der Waals surface area contributed by atoms with E-state index in [2.05, 4.69) is 0 Å². The number of esters is 1. The molecule has 88 valence electrons. The number of nitrogens with two attached hydrogens (primary N) is 1. The smallest absolute Gasteiger partial charge is 0.322 e. The van der Waals surface area contributed by atoms with Crippen LogP contribution in [-0.2, 0) is 9.53 Å². The van der Waals surface area contributed by atoms with Crippen LogP contribution in [0.5, 0.6) is 0 Å². The Balaban J connectivity index is 2.14. The summed E-state index contributed by atoms with van der Waals surface area (Å²) in [5.74, 6) is 0.360. The fourth-order valence-electron chi connectivity index (χ4n) is 2.09.